The van der Waals surface area contributed by atoms with Crippen LogP contribution in [-0.4, -0.2) is 58.6 Å². The summed E-state index contributed by atoms with van der Waals surface area (Å²) in [5.41, 5.74) is 2.16. The van der Waals surface area contributed by atoms with Gasteiger partial charge in [0.2, 0.25) is 0 Å². The second-order valence-electron chi connectivity index (χ2n) is 6.75. The minimum absolute atomic E-state index is 0.243. The number of aromatic nitrogens is 3. The van der Waals surface area contributed by atoms with E-state index in [1.165, 1.54) is 0 Å². The summed E-state index contributed by atoms with van der Waals surface area (Å²) < 4.78 is 7.08. The number of aryl methyl sites for hydroxylation is 1. The standard InChI is InChI=1S/C20H23N5O2/c1-15-6-7-16-4-2-3-5-17(16)19(15)21-20(26)18-14-25(23-22-18)9-8-24-10-12-27-13-11-24/h2-7,14H,8-13H2,1H3,(H,21,26). The van der Waals surface area contributed by atoms with Crippen LogP contribution < -0.4 is 5.32 Å². The molecule has 0 spiro atoms. The Labute approximate surface area is 157 Å². The number of carbonyl (C=O) groups is 1. The fourth-order valence-electron chi connectivity index (χ4n) is 3.30. The summed E-state index contributed by atoms with van der Waals surface area (Å²) in [6.45, 7) is 6.97. The maximum absolute atomic E-state index is 12.7. The van der Waals surface area contributed by atoms with Gasteiger partial charge in [-0.15, -0.1) is 5.10 Å². The minimum Gasteiger partial charge on any atom is -0.379 e. The number of fused-ring (bicyclic) bond motifs is 1. The summed E-state index contributed by atoms with van der Waals surface area (Å²) in [5.74, 6) is -0.243. The molecule has 1 saturated heterocycles. The quantitative estimate of drug-likeness (QED) is 0.751. The molecule has 1 fully saturated rings. The molecule has 1 aliphatic rings. The third-order valence-electron chi connectivity index (χ3n) is 4.90. The summed E-state index contributed by atoms with van der Waals surface area (Å²) >= 11 is 0. The van der Waals surface area contributed by atoms with E-state index in [4.69, 9.17) is 4.74 Å². The Balaban J connectivity index is 1.45. The van der Waals surface area contributed by atoms with Crippen LogP contribution in [0.2, 0.25) is 0 Å². The number of ether oxygens (including phenoxy) is 1. The Bertz CT molecular complexity index is 946. The van der Waals surface area contributed by atoms with Crippen molar-refractivity contribution in [3.63, 3.8) is 0 Å². The van der Waals surface area contributed by atoms with Crippen molar-refractivity contribution in [2.24, 2.45) is 0 Å². The Hall–Kier alpha value is -2.77. The highest BCUT2D eigenvalue weighted by atomic mass is 16.5. The summed E-state index contributed by atoms with van der Waals surface area (Å²) in [7, 11) is 0. The molecule has 7 nitrogen and oxygen atoms in total. The highest BCUT2D eigenvalue weighted by Crippen LogP contribution is 2.27. The van der Waals surface area contributed by atoms with Crippen molar-refractivity contribution in [1.29, 1.82) is 0 Å². The highest BCUT2D eigenvalue weighted by molar-refractivity contribution is 6.08. The van der Waals surface area contributed by atoms with Gasteiger partial charge >= 0.3 is 0 Å². The molecular formula is C20H23N5O2. The molecule has 0 bridgehead atoms. The first-order chi connectivity index (χ1) is 13.2. The highest BCUT2D eigenvalue weighted by Gasteiger charge is 2.15. The van der Waals surface area contributed by atoms with Gasteiger partial charge in [-0.25, -0.2) is 0 Å². The minimum atomic E-state index is -0.243. The van der Waals surface area contributed by atoms with Crippen LogP contribution in [0.3, 0.4) is 0 Å². The lowest BCUT2D eigenvalue weighted by Crippen LogP contribution is -2.38. The van der Waals surface area contributed by atoms with Gasteiger partial charge in [-0.05, 0) is 17.9 Å². The van der Waals surface area contributed by atoms with E-state index in [1.54, 1.807) is 10.9 Å². The number of anilines is 1. The molecule has 2 heterocycles. The SMILES string of the molecule is Cc1ccc2ccccc2c1NC(=O)c1cn(CCN2CCOCC2)nn1. The van der Waals surface area contributed by atoms with E-state index in [0.717, 1.165) is 54.9 Å². The molecule has 0 saturated carbocycles. The molecule has 0 unspecified atom stereocenters. The molecular weight excluding hydrogens is 342 g/mol. The zero-order valence-corrected chi connectivity index (χ0v) is 15.4. The number of nitrogens with zero attached hydrogens (tertiary/aromatic N) is 4. The van der Waals surface area contributed by atoms with Crippen LogP contribution in [0.1, 0.15) is 16.1 Å². The lowest BCUT2D eigenvalue weighted by molar-refractivity contribution is 0.0359. The monoisotopic (exact) mass is 365 g/mol. The van der Waals surface area contributed by atoms with Gasteiger partial charge in [-0.3, -0.25) is 14.4 Å². The fourth-order valence-corrected chi connectivity index (χ4v) is 3.30. The molecule has 1 N–H and O–H groups in total. The number of rotatable bonds is 5. The number of morpholine rings is 1. The van der Waals surface area contributed by atoms with Gasteiger partial charge in [0, 0.05) is 25.0 Å². The zero-order valence-electron chi connectivity index (χ0n) is 15.4. The van der Waals surface area contributed by atoms with Crippen LogP contribution in [0.5, 0.6) is 0 Å². The van der Waals surface area contributed by atoms with E-state index in [0.29, 0.717) is 12.2 Å². The Kier molecular flexibility index (Phi) is 5.13. The van der Waals surface area contributed by atoms with Crippen molar-refractivity contribution in [3.8, 4) is 0 Å². The van der Waals surface area contributed by atoms with Crippen LogP contribution in [-0.2, 0) is 11.3 Å². The second-order valence-corrected chi connectivity index (χ2v) is 6.75. The smallest absolute Gasteiger partial charge is 0.277 e. The maximum atomic E-state index is 12.7. The summed E-state index contributed by atoms with van der Waals surface area (Å²) in [4.78, 5) is 15.0. The lowest BCUT2D eigenvalue weighted by atomic mass is 10.0. The molecule has 2 aromatic carbocycles. The number of amides is 1. The molecule has 3 aromatic rings. The Morgan fingerprint density at radius 3 is 2.81 bits per heavy atom. The average Bonchev–Trinajstić information content (AvgIpc) is 3.18. The van der Waals surface area contributed by atoms with Gasteiger partial charge in [0.05, 0.1) is 31.6 Å². The van der Waals surface area contributed by atoms with Gasteiger partial charge in [0.15, 0.2) is 5.69 Å². The van der Waals surface area contributed by atoms with E-state index in [-0.39, 0.29) is 5.91 Å². The van der Waals surface area contributed by atoms with Crippen molar-refractivity contribution in [2.45, 2.75) is 13.5 Å². The van der Waals surface area contributed by atoms with E-state index < -0.39 is 0 Å². The van der Waals surface area contributed by atoms with Crippen molar-refractivity contribution >= 4 is 22.4 Å². The number of hydrogen-bond acceptors (Lipinski definition) is 5. The molecule has 27 heavy (non-hydrogen) atoms. The molecule has 0 atom stereocenters. The molecule has 1 aromatic heterocycles. The van der Waals surface area contributed by atoms with Gasteiger partial charge < -0.3 is 10.1 Å². The summed E-state index contributed by atoms with van der Waals surface area (Å²) in [6, 6.07) is 12.1. The normalized spacial score (nSPS) is 15.1. The van der Waals surface area contributed by atoms with Crippen molar-refractivity contribution in [1.82, 2.24) is 19.9 Å². The molecule has 7 heteroatoms. The first-order valence-corrected chi connectivity index (χ1v) is 9.20. The van der Waals surface area contributed by atoms with Crippen molar-refractivity contribution < 1.29 is 9.53 Å². The van der Waals surface area contributed by atoms with E-state index in [9.17, 15) is 4.79 Å². The van der Waals surface area contributed by atoms with E-state index in [2.05, 4.69) is 26.6 Å². The average molecular weight is 365 g/mol. The summed E-state index contributed by atoms with van der Waals surface area (Å²) in [5, 5.41) is 13.3. The second kappa shape index (κ2) is 7.85. The van der Waals surface area contributed by atoms with Gasteiger partial charge in [0.25, 0.3) is 5.91 Å². The molecule has 1 aliphatic heterocycles. The predicted molar refractivity (Wildman–Crippen MR) is 104 cm³/mol. The van der Waals surface area contributed by atoms with Gasteiger partial charge in [-0.2, -0.15) is 0 Å². The van der Waals surface area contributed by atoms with Crippen molar-refractivity contribution in [3.05, 3.63) is 53.9 Å². The lowest BCUT2D eigenvalue weighted by Gasteiger charge is -2.26. The fraction of sp³-hybridized carbons (Fsp3) is 0.350. The maximum Gasteiger partial charge on any atom is 0.277 e. The van der Waals surface area contributed by atoms with E-state index >= 15 is 0 Å². The van der Waals surface area contributed by atoms with Gasteiger partial charge in [-0.1, -0.05) is 41.6 Å². The van der Waals surface area contributed by atoms with E-state index in [1.807, 2.05) is 37.3 Å². The predicted octanol–water partition coefficient (Wildman–Crippen LogP) is 2.32. The van der Waals surface area contributed by atoms with Crippen LogP contribution in [0.25, 0.3) is 10.8 Å². The Morgan fingerprint density at radius 1 is 1.15 bits per heavy atom. The third-order valence-corrected chi connectivity index (χ3v) is 4.90. The molecule has 4 rings (SSSR count). The number of carbonyl (C=O) groups excluding carboxylic acids is 1. The molecule has 0 radical (unpaired) electrons. The van der Waals surface area contributed by atoms with Crippen LogP contribution >= 0.6 is 0 Å². The molecule has 0 aliphatic carbocycles. The number of benzene rings is 2. The summed E-state index contributed by atoms with van der Waals surface area (Å²) in [6.07, 6.45) is 1.70. The largest absolute Gasteiger partial charge is 0.379 e. The van der Waals surface area contributed by atoms with Crippen molar-refractivity contribution in [2.75, 3.05) is 38.2 Å². The molecule has 1 amide bonds. The first-order valence-electron chi connectivity index (χ1n) is 9.20. The zero-order chi connectivity index (χ0) is 18.6. The molecule has 140 valence electrons. The van der Waals surface area contributed by atoms with Gasteiger partial charge in [0.1, 0.15) is 0 Å². The number of nitrogens with one attached hydrogen (secondary N) is 1. The van der Waals surface area contributed by atoms with Crippen LogP contribution in [0.15, 0.2) is 42.6 Å². The van der Waals surface area contributed by atoms with Crippen LogP contribution in [0, 0.1) is 6.92 Å². The van der Waals surface area contributed by atoms with Crippen LogP contribution in [0.4, 0.5) is 5.69 Å². The first kappa shape index (κ1) is 17.6. The topological polar surface area (TPSA) is 72.3 Å². The Morgan fingerprint density at radius 2 is 1.96 bits per heavy atom. The number of hydrogen-bond donors (Lipinski definition) is 1. The third kappa shape index (κ3) is 3.99.